The minimum absolute atomic E-state index is 0.237. The predicted octanol–water partition coefficient (Wildman–Crippen LogP) is 4.12. The van der Waals surface area contributed by atoms with Crippen molar-refractivity contribution in [2.24, 2.45) is 0 Å². The predicted molar refractivity (Wildman–Crippen MR) is 89.3 cm³/mol. The summed E-state index contributed by atoms with van der Waals surface area (Å²) < 4.78 is 11.0. The Morgan fingerprint density at radius 2 is 1.87 bits per heavy atom. The molecule has 0 saturated carbocycles. The maximum absolute atomic E-state index is 11.0. The molecule has 0 amide bonds. The van der Waals surface area contributed by atoms with Crippen LogP contribution in [-0.2, 0) is 22.7 Å². The first-order valence-electron chi connectivity index (χ1n) is 7.54. The van der Waals surface area contributed by atoms with Gasteiger partial charge in [0.1, 0.15) is 19.0 Å². The highest BCUT2D eigenvalue weighted by molar-refractivity contribution is 5.87. The highest BCUT2D eigenvalue weighted by atomic mass is 16.5. The smallest absolute Gasteiger partial charge is 0.303 e. The van der Waals surface area contributed by atoms with Crippen molar-refractivity contribution in [3.8, 4) is 5.75 Å². The van der Waals surface area contributed by atoms with Crippen LogP contribution in [0.1, 0.15) is 23.7 Å². The molecule has 1 heterocycles. The molecule has 2 aromatic carbocycles. The lowest BCUT2D eigenvalue weighted by atomic mass is 10.1. The molecule has 0 fully saturated rings. The van der Waals surface area contributed by atoms with Crippen LogP contribution in [0.5, 0.6) is 5.75 Å². The molecule has 0 spiro atoms. The summed E-state index contributed by atoms with van der Waals surface area (Å²) in [6.45, 7) is 4.19. The highest BCUT2D eigenvalue weighted by Crippen LogP contribution is 2.29. The van der Waals surface area contributed by atoms with E-state index in [1.807, 2.05) is 49.4 Å². The number of rotatable bonds is 5. The lowest BCUT2D eigenvalue weighted by molar-refractivity contribution is -0.142. The number of hydrogen-bond acceptors (Lipinski definition) is 3. The summed E-state index contributed by atoms with van der Waals surface area (Å²) in [6, 6.07) is 16.1. The number of aryl methyl sites for hydroxylation is 1. The Balaban J connectivity index is 1.85. The summed E-state index contributed by atoms with van der Waals surface area (Å²) >= 11 is 0. The molecule has 0 aliphatic carbocycles. The van der Waals surface area contributed by atoms with Crippen LogP contribution in [-0.4, -0.2) is 11.0 Å². The van der Waals surface area contributed by atoms with E-state index in [0.29, 0.717) is 6.61 Å². The van der Waals surface area contributed by atoms with Gasteiger partial charge in [-0.2, -0.15) is 0 Å². The highest BCUT2D eigenvalue weighted by Gasteiger charge is 2.09. The van der Waals surface area contributed by atoms with Crippen LogP contribution < -0.4 is 4.74 Å². The summed E-state index contributed by atoms with van der Waals surface area (Å²) in [5.74, 6) is 0.537. The number of H-pyrrole nitrogens is 1. The van der Waals surface area contributed by atoms with Crippen molar-refractivity contribution in [3.05, 3.63) is 65.4 Å². The fraction of sp³-hybridized carbons (Fsp3) is 0.211. The topological polar surface area (TPSA) is 51.3 Å². The van der Waals surface area contributed by atoms with Crippen LogP contribution in [0.3, 0.4) is 0 Å². The van der Waals surface area contributed by atoms with Crippen LogP contribution in [0.2, 0.25) is 0 Å². The van der Waals surface area contributed by atoms with Gasteiger partial charge in [0.25, 0.3) is 0 Å². The van der Waals surface area contributed by atoms with Gasteiger partial charge in [0.15, 0.2) is 0 Å². The van der Waals surface area contributed by atoms with E-state index in [-0.39, 0.29) is 12.6 Å². The minimum Gasteiger partial charge on any atom is -0.488 e. The van der Waals surface area contributed by atoms with Crippen molar-refractivity contribution in [2.45, 2.75) is 27.1 Å². The minimum atomic E-state index is -0.291. The Kier molecular flexibility index (Phi) is 4.33. The molecule has 0 aliphatic heterocycles. The van der Waals surface area contributed by atoms with Crippen molar-refractivity contribution in [1.29, 1.82) is 0 Å². The van der Waals surface area contributed by atoms with Gasteiger partial charge in [-0.1, -0.05) is 30.3 Å². The van der Waals surface area contributed by atoms with Crippen LogP contribution in [0.4, 0.5) is 0 Å². The monoisotopic (exact) mass is 309 g/mol. The summed E-state index contributed by atoms with van der Waals surface area (Å²) in [5.41, 5.74) is 4.07. The number of carbonyl (C=O) groups is 1. The lowest BCUT2D eigenvalue weighted by Crippen LogP contribution is -1.98. The molecule has 0 saturated heterocycles. The van der Waals surface area contributed by atoms with Crippen molar-refractivity contribution >= 4 is 16.9 Å². The molecule has 0 aliphatic rings. The molecule has 118 valence electrons. The third-order valence-corrected chi connectivity index (χ3v) is 3.57. The zero-order valence-corrected chi connectivity index (χ0v) is 13.3. The van der Waals surface area contributed by atoms with Gasteiger partial charge in [-0.3, -0.25) is 4.79 Å². The molecule has 0 atom stereocenters. The Morgan fingerprint density at radius 1 is 1.09 bits per heavy atom. The number of carbonyl (C=O) groups excluding carboxylic acids is 1. The molecule has 0 radical (unpaired) electrons. The average molecular weight is 309 g/mol. The van der Waals surface area contributed by atoms with E-state index in [0.717, 1.165) is 33.5 Å². The second-order valence-corrected chi connectivity index (χ2v) is 5.57. The van der Waals surface area contributed by atoms with Crippen LogP contribution >= 0.6 is 0 Å². The van der Waals surface area contributed by atoms with Crippen molar-refractivity contribution < 1.29 is 14.3 Å². The van der Waals surface area contributed by atoms with Crippen molar-refractivity contribution in [2.75, 3.05) is 0 Å². The molecule has 0 unspecified atom stereocenters. The first-order chi connectivity index (χ1) is 11.1. The maximum atomic E-state index is 11.0. The number of ether oxygens (including phenoxy) is 2. The molecule has 3 rings (SSSR count). The normalized spacial score (nSPS) is 10.7. The molecule has 23 heavy (non-hydrogen) atoms. The number of benzene rings is 2. The average Bonchev–Trinajstić information content (AvgIpc) is 2.94. The third-order valence-electron chi connectivity index (χ3n) is 3.57. The quantitative estimate of drug-likeness (QED) is 0.721. The molecular weight excluding hydrogens is 290 g/mol. The van der Waals surface area contributed by atoms with E-state index in [9.17, 15) is 4.79 Å². The Bertz CT molecular complexity index is 821. The zero-order chi connectivity index (χ0) is 16.2. The Hall–Kier alpha value is -2.75. The van der Waals surface area contributed by atoms with E-state index >= 15 is 0 Å². The van der Waals surface area contributed by atoms with Crippen molar-refractivity contribution in [3.63, 3.8) is 0 Å². The number of fused-ring (bicyclic) bond motifs is 1. The van der Waals surface area contributed by atoms with E-state index in [1.54, 1.807) is 0 Å². The van der Waals surface area contributed by atoms with E-state index in [2.05, 4.69) is 11.1 Å². The van der Waals surface area contributed by atoms with Gasteiger partial charge in [0, 0.05) is 17.8 Å². The molecule has 4 heteroatoms. The van der Waals surface area contributed by atoms with Crippen molar-refractivity contribution in [1.82, 2.24) is 4.98 Å². The third kappa shape index (κ3) is 3.72. The molecule has 1 aromatic heterocycles. The number of esters is 1. The van der Waals surface area contributed by atoms with E-state index in [4.69, 9.17) is 9.47 Å². The van der Waals surface area contributed by atoms with Gasteiger partial charge >= 0.3 is 5.97 Å². The second kappa shape index (κ2) is 6.57. The van der Waals surface area contributed by atoms with E-state index < -0.39 is 0 Å². The van der Waals surface area contributed by atoms with E-state index in [1.165, 1.54) is 6.92 Å². The largest absolute Gasteiger partial charge is 0.488 e. The van der Waals surface area contributed by atoms with Crippen LogP contribution in [0, 0.1) is 6.92 Å². The molecule has 3 aromatic rings. The standard InChI is InChI=1S/C19H19NO3/c1-13-8-18-17(10-16(20-18)12-22-14(2)21)19(9-13)23-11-15-6-4-3-5-7-15/h3-10,20H,11-12H2,1-2H3. The maximum Gasteiger partial charge on any atom is 0.303 e. The fourth-order valence-corrected chi connectivity index (χ4v) is 2.51. The van der Waals surface area contributed by atoms with Gasteiger partial charge in [-0.05, 0) is 36.2 Å². The molecule has 1 N–H and O–H groups in total. The zero-order valence-electron chi connectivity index (χ0n) is 13.3. The van der Waals surface area contributed by atoms with Crippen LogP contribution in [0.15, 0.2) is 48.5 Å². The van der Waals surface area contributed by atoms with Gasteiger partial charge in [-0.25, -0.2) is 0 Å². The Morgan fingerprint density at radius 3 is 2.61 bits per heavy atom. The number of aromatic nitrogens is 1. The Labute approximate surface area is 135 Å². The van der Waals surface area contributed by atoms with Gasteiger partial charge in [0.2, 0.25) is 0 Å². The van der Waals surface area contributed by atoms with Gasteiger partial charge < -0.3 is 14.5 Å². The summed E-state index contributed by atoms with van der Waals surface area (Å²) in [5, 5.41) is 0.994. The molecule has 4 nitrogen and oxygen atoms in total. The van der Waals surface area contributed by atoms with Crippen LogP contribution in [0.25, 0.3) is 10.9 Å². The molecular formula is C19H19NO3. The summed E-state index contributed by atoms with van der Waals surface area (Å²) in [7, 11) is 0. The molecule has 0 bridgehead atoms. The second-order valence-electron chi connectivity index (χ2n) is 5.57. The number of aromatic amines is 1. The van der Waals surface area contributed by atoms with Gasteiger partial charge in [0.05, 0.1) is 5.69 Å². The first-order valence-corrected chi connectivity index (χ1v) is 7.54. The SMILES string of the molecule is CC(=O)OCc1cc2c(OCc3ccccc3)cc(C)cc2[nH]1. The van der Waals surface area contributed by atoms with Gasteiger partial charge in [-0.15, -0.1) is 0 Å². The number of hydrogen-bond donors (Lipinski definition) is 1. The fourth-order valence-electron chi connectivity index (χ4n) is 2.51. The lowest BCUT2D eigenvalue weighted by Gasteiger charge is -2.08. The summed E-state index contributed by atoms with van der Waals surface area (Å²) in [6.07, 6.45) is 0. The summed E-state index contributed by atoms with van der Waals surface area (Å²) in [4.78, 5) is 14.2. The first kappa shape index (κ1) is 15.2. The number of nitrogens with one attached hydrogen (secondary N) is 1.